The molecule has 74 valence electrons. The van der Waals surface area contributed by atoms with E-state index in [2.05, 4.69) is 4.72 Å². The van der Waals surface area contributed by atoms with Gasteiger partial charge in [0.25, 0.3) is 0 Å². The van der Waals surface area contributed by atoms with Gasteiger partial charge in [-0.05, 0) is 13.3 Å². The predicted molar refractivity (Wildman–Crippen MR) is 48.8 cm³/mol. The average Bonchev–Trinajstić information content (AvgIpc) is 2.00. The molecule has 0 amide bonds. The van der Waals surface area contributed by atoms with Gasteiger partial charge in [-0.25, -0.2) is 13.1 Å². The molecule has 0 bridgehead atoms. The maximum atomic E-state index is 11.1. The third-order valence-electron chi connectivity index (χ3n) is 1.20. The number of nitrogens with one attached hydrogen (secondary N) is 1. The Kier molecular flexibility index (Phi) is 5.82. The van der Waals surface area contributed by atoms with E-state index in [0.29, 0.717) is 12.3 Å². The van der Waals surface area contributed by atoms with Gasteiger partial charge in [-0.3, -0.25) is 0 Å². The Morgan fingerprint density at radius 3 is 2.58 bits per heavy atom. The SMILES string of the molecule is C[C@H](CO)NS(=O)(=O)CCCCl. The van der Waals surface area contributed by atoms with Crippen molar-refractivity contribution < 1.29 is 13.5 Å². The topological polar surface area (TPSA) is 66.4 Å². The highest BCUT2D eigenvalue weighted by Crippen LogP contribution is 1.93. The lowest BCUT2D eigenvalue weighted by atomic mass is 10.4. The molecular formula is C6H14ClNO3S. The quantitative estimate of drug-likeness (QED) is 0.609. The fraction of sp³-hybridized carbons (Fsp3) is 1.00. The van der Waals surface area contributed by atoms with Gasteiger partial charge in [0.2, 0.25) is 10.0 Å². The van der Waals surface area contributed by atoms with E-state index in [0.717, 1.165) is 0 Å². The standard InChI is InChI=1S/C6H14ClNO3S/c1-6(5-9)8-12(10,11)4-2-3-7/h6,8-9H,2-5H2,1H3/t6-/m1/s1. The summed E-state index contributed by atoms with van der Waals surface area (Å²) >= 11 is 5.34. The fourth-order valence-electron chi connectivity index (χ4n) is 0.647. The lowest BCUT2D eigenvalue weighted by molar-refractivity contribution is 0.265. The summed E-state index contributed by atoms with van der Waals surface area (Å²) in [5.41, 5.74) is 0. The zero-order chi connectivity index (χ0) is 9.61. The Bertz CT molecular complexity index is 205. The smallest absolute Gasteiger partial charge is 0.211 e. The molecule has 4 nitrogen and oxygen atoms in total. The van der Waals surface area contributed by atoms with Crippen molar-refractivity contribution in [1.82, 2.24) is 4.72 Å². The number of hydrogen-bond donors (Lipinski definition) is 2. The van der Waals surface area contributed by atoms with Gasteiger partial charge < -0.3 is 5.11 Å². The predicted octanol–water partition coefficient (Wildman–Crippen LogP) is -0.0845. The molecule has 0 heterocycles. The molecule has 12 heavy (non-hydrogen) atoms. The fourth-order valence-corrected chi connectivity index (χ4v) is 2.27. The van der Waals surface area contributed by atoms with Crippen LogP contribution in [0.15, 0.2) is 0 Å². The Balaban J connectivity index is 3.88. The van der Waals surface area contributed by atoms with Gasteiger partial charge in [0.15, 0.2) is 0 Å². The van der Waals surface area contributed by atoms with Crippen LogP contribution < -0.4 is 4.72 Å². The molecule has 0 fully saturated rings. The van der Waals surface area contributed by atoms with Gasteiger partial charge in [-0.15, -0.1) is 11.6 Å². The van der Waals surface area contributed by atoms with Crippen LogP contribution in [0.4, 0.5) is 0 Å². The Morgan fingerprint density at radius 2 is 2.17 bits per heavy atom. The van der Waals surface area contributed by atoms with Crippen LogP contribution in [0.25, 0.3) is 0 Å². The summed E-state index contributed by atoms with van der Waals surface area (Å²) in [5.74, 6) is 0.343. The van der Waals surface area contributed by atoms with E-state index in [9.17, 15) is 8.42 Å². The summed E-state index contributed by atoms with van der Waals surface area (Å²) in [5, 5.41) is 8.57. The molecule has 0 saturated carbocycles. The lowest BCUT2D eigenvalue weighted by Crippen LogP contribution is -2.36. The average molecular weight is 216 g/mol. The molecule has 0 aliphatic rings. The number of rotatable bonds is 6. The molecule has 0 aromatic carbocycles. The Hall–Kier alpha value is 0.160. The van der Waals surface area contributed by atoms with E-state index < -0.39 is 16.1 Å². The first-order valence-electron chi connectivity index (χ1n) is 3.68. The molecule has 0 aromatic rings. The molecule has 0 unspecified atom stereocenters. The molecule has 0 aliphatic carbocycles. The van der Waals surface area contributed by atoms with Crippen molar-refractivity contribution in [3.8, 4) is 0 Å². The number of alkyl halides is 1. The van der Waals surface area contributed by atoms with Crippen molar-refractivity contribution in [2.75, 3.05) is 18.2 Å². The summed E-state index contributed by atoms with van der Waals surface area (Å²) in [6, 6.07) is -0.426. The molecule has 0 spiro atoms. The molecule has 0 rings (SSSR count). The third-order valence-corrected chi connectivity index (χ3v) is 3.06. The van der Waals surface area contributed by atoms with Crippen molar-refractivity contribution in [1.29, 1.82) is 0 Å². The number of halogens is 1. The van der Waals surface area contributed by atoms with Crippen molar-refractivity contribution >= 4 is 21.6 Å². The Labute approximate surface area is 78.0 Å². The first-order chi connectivity index (χ1) is 5.52. The molecule has 0 aliphatic heterocycles. The van der Waals surface area contributed by atoms with E-state index in [1.807, 2.05) is 0 Å². The highest BCUT2D eigenvalue weighted by Gasteiger charge is 2.12. The van der Waals surface area contributed by atoms with Gasteiger partial charge in [-0.2, -0.15) is 0 Å². The molecular weight excluding hydrogens is 202 g/mol. The minimum atomic E-state index is -3.25. The van der Waals surface area contributed by atoms with E-state index in [4.69, 9.17) is 16.7 Å². The van der Waals surface area contributed by atoms with Gasteiger partial charge in [0.1, 0.15) is 0 Å². The number of aliphatic hydroxyl groups excluding tert-OH is 1. The summed E-state index contributed by atoms with van der Waals surface area (Å²) in [6.45, 7) is 1.40. The number of aliphatic hydroxyl groups is 1. The first kappa shape index (κ1) is 12.2. The first-order valence-corrected chi connectivity index (χ1v) is 5.87. The van der Waals surface area contributed by atoms with E-state index in [1.54, 1.807) is 6.92 Å². The van der Waals surface area contributed by atoms with Gasteiger partial charge in [0, 0.05) is 11.9 Å². The van der Waals surface area contributed by atoms with E-state index >= 15 is 0 Å². The summed E-state index contributed by atoms with van der Waals surface area (Å²) < 4.78 is 24.5. The van der Waals surface area contributed by atoms with E-state index in [-0.39, 0.29) is 12.4 Å². The summed E-state index contributed by atoms with van der Waals surface area (Å²) in [4.78, 5) is 0. The number of sulfonamides is 1. The van der Waals surface area contributed by atoms with Crippen LogP contribution in [0.1, 0.15) is 13.3 Å². The molecule has 0 radical (unpaired) electrons. The van der Waals surface area contributed by atoms with Crippen LogP contribution in [0, 0.1) is 0 Å². The minimum Gasteiger partial charge on any atom is -0.395 e. The molecule has 2 N–H and O–H groups in total. The third kappa shape index (κ3) is 5.77. The van der Waals surface area contributed by atoms with Crippen LogP contribution >= 0.6 is 11.6 Å². The second-order valence-electron chi connectivity index (χ2n) is 2.56. The van der Waals surface area contributed by atoms with Crippen LogP contribution in [-0.4, -0.2) is 37.8 Å². The van der Waals surface area contributed by atoms with Gasteiger partial charge in [0.05, 0.1) is 12.4 Å². The highest BCUT2D eigenvalue weighted by molar-refractivity contribution is 7.89. The summed E-state index contributed by atoms with van der Waals surface area (Å²) in [6.07, 6.45) is 0.426. The molecule has 6 heteroatoms. The molecule has 0 aromatic heterocycles. The van der Waals surface area contributed by atoms with Crippen LogP contribution in [0.5, 0.6) is 0 Å². The number of hydrogen-bond acceptors (Lipinski definition) is 3. The monoisotopic (exact) mass is 215 g/mol. The molecule has 0 saturated heterocycles. The second-order valence-corrected chi connectivity index (χ2v) is 4.81. The van der Waals surface area contributed by atoms with E-state index in [1.165, 1.54) is 0 Å². The van der Waals surface area contributed by atoms with Crippen LogP contribution in [0.2, 0.25) is 0 Å². The van der Waals surface area contributed by atoms with Crippen molar-refractivity contribution in [3.05, 3.63) is 0 Å². The van der Waals surface area contributed by atoms with Crippen molar-refractivity contribution in [3.63, 3.8) is 0 Å². The van der Waals surface area contributed by atoms with Crippen molar-refractivity contribution in [2.24, 2.45) is 0 Å². The summed E-state index contributed by atoms with van der Waals surface area (Å²) in [7, 11) is -3.25. The van der Waals surface area contributed by atoms with Crippen molar-refractivity contribution in [2.45, 2.75) is 19.4 Å². The Morgan fingerprint density at radius 1 is 1.58 bits per heavy atom. The second kappa shape index (κ2) is 5.75. The maximum Gasteiger partial charge on any atom is 0.211 e. The highest BCUT2D eigenvalue weighted by atomic mass is 35.5. The van der Waals surface area contributed by atoms with Crippen LogP contribution in [-0.2, 0) is 10.0 Å². The van der Waals surface area contributed by atoms with Gasteiger partial charge in [-0.1, -0.05) is 0 Å². The lowest BCUT2D eigenvalue weighted by Gasteiger charge is -2.10. The zero-order valence-electron chi connectivity index (χ0n) is 6.96. The largest absolute Gasteiger partial charge is 0.395 e. The van der Waals surface area contributed by atoms with Crippen LogP contribution in [0.3, 0.4) is 0 Å². The van der Waals surface area contributed by atoms with Gasteiger partial charge >= 0.3 is 0 Å². The molecule has 1 atom stereocenters. The normalized spacial score (nSPS) is 14.6. The zero-order valence-corrected chi connectivity index (χ0v) is 8.53. The maximum absolute atomic E-state index is 11.1. The minimum absolute atomic E-state index is 0.0147.